The number of benzene rings is 6. The van der Waals surface area contributed by atoms with E-state index < -0.39 is 93.7 Å². The quantitative estimate of drug-likeness (QED) is 0.106. The third kappa shape index (κ3) is 11.4. The standard InChI is InChI=1S/C25H22ClF2NO5S.C24H20ClF2NO5S/c1-34-18-7-8-29(13-18)25(31)16-10-20(26)24(30)23(11-16)35(32,33)14-17-9-19(22(28)12-21(17)27)15-5-3-2-4-6-15;25-19-9-15(24(31)28-7-6-17(29)12-28)10-22(23(19)30)34(32,33)13-16-8-18(21(27)11-20(16)26)14-4-2-1-3-5-14/h2-6,9-12,18,30H,7-8,13-14H2,1H3;1-5,8-11,17,29-30H,6-7,12-13H2/t18-;17-/m00/s1. The molecule has 8 rings (SSSR count). The fourth-order valence-electron chi connectivity index (χ4n) is 7.92. The smallest absolute Gasteiger partial charge is 0.254 e. The monoisotopic (exact) mass is 1030 g/mol. The van der Waals surface area contributed by atoms with E-state index in [2.05, 4.69) is 0 Å². The van der Waals surface area contributed by atoms with E-state index in [0.29, 0.717) is 49.2 Å². The van der Waals surface area contributed by atoms with Crippen molar-refractivity contribution in [3.05, 3.63) is 165 Å². The predicted octanol–water partition coefficient (Wildman–Crippen LogP) is 9.00. The van der Waals surface area contributed by atoms with Crippen LogP contribution in [-0.4, -0.2) is 99.3 Å². The normalized spacial score (nSPS) is 16.1. The van der Waals surface area contributed by atoms with Crippen LogP contribution in [0.2, 0.25) is 10.0 Å². The molecule has 2 amide bonds. The van der Waals surface area contributed by atoms with Gasteiger partial charge in [-0.1, -0.05) is 83.9 Å². The minimum Gasteiger partial charge on any atom is -0.505 e. The van der Waals surface area contributed by atoms with E-state index in [1.54, 1.807) is 67.8 Å². The number of carbonyl (C=O) groups excluding carboxylic acids is 2. The SMILES string of the molecule is CO[C@H]1CCN(C(=O)c2cc(Cl)c(O)c(S(=O)(=O)Cc3cc(-c4ccccc4)c(F)cc3F)c2)C1.O=C(c1cc(Cl)c(O)c(S(=O)(=O)Cc2cc(-c3ccccc3)c(F)cc2F)c1)N1CC[C@H](O)C1. The molecule has 3 N–H and O–H groups in total. The molecular formula is C49H42Cl2F4N2O10S2. The van der Waals surface area contributed by atoms with E-state index in [9.17, 15) is 59.3 Å². The van der Waals surface area contributed by atoms with Crippen LogP contribution in [-0.2, 0) is 35.9 Å². The molecule has 2 aliphatic heterocycles. The number of phenolic OH excluding ortho intramolecular Hbond substituents is 2. The number of amides is 2. The fourth-order valence-corrected chi connectivity index (χ4v) is 11.5. The minimum atomic E-state index is -4.41. The van der Waals surface area contributed by atoms with Crippen molar-refractivity contribution in [1.29, 1.82) is 0 Å². The van der Waals surface area contributed by atoms with Crippen LogP contribution in [0.15, 0.2) is 119 Å². The second kappa shape index (κ2) is 20.9. The van der Waals surface area contributed by atoms with Crippen molar-refractivity contribution in [1.82, 2.24) is 9.80 Å². The second-order valence-corrected chi connectivity index (χ2v) is 21.0. The summed E-state index contributed by atoms with van der Waals surface area (Å²) >= 11 is 12.1. The highest BCUT2D eigenvalue weighted by Gasteiger charge is 2.32. The van der Waals surface area contributed by atoms with Gasteiger partial charge in [0, 0.05) is 78.8 Å². The van der Waals surface area contributed by atoms with Crippen LogP contribution in [0.1, 0.15) is 44.7 Å². The number of rotatable bonds is 11. The fraction of sp³-hybridized carbons (Fsp3) is 0.224. The van der Waals surface area contributed by atoms with Gasteiger partial charge in [-0.05, 0) is 60.4 Å². The summed E-state index contributed by atoms with van der Waals surface area (Å²) in [6.07, 6.45) is 0.207. The number of methoxy groups -OCH3 is 1. The molecule has 0 aliphatic carbocycles. The van der Waals surface area contributed by atoms with Gasteiger partial charge in [-0.2, -0.15) is 0 Å². The van der Waals surface area contributed by atoms with Crippen molar-refractivity contribution in [2.24, 2.45) is 0 Å². The molecule has 12 nitrogen and oxygen atoms in total. The van der Waals surface area contributed by atoms with Crippen molar-refractivity contribution in [3.63, 3.8) is 0 Å². The Labute approximate surface area is 404 Å². The Kier molecular flexibility index (Phi) is 15.4. The Bertz CT molecular complexity index is 3170. The summed E-state index contributed by atoms with van der Waals surface area (Å²) < 4.78 is 116. The van der Waals surface area contributed by atoms with Crippen LogP contribution >= 0.6 is 23.2 Å². The van der Waals surface area contributed by atoms with Gasteiger partial charge in [-0.15, -0.1) is 0 Å². The molecule has 0 bridgehead atoms. The Morgan fingerprint density at radius 1 is 0.609 bits per heavy atom. The van der Waals surface area contributed by atoms with Gasteiger partial charge >= 0.3 is 0 Å². The number of aromatic hydroxyl groups is 2. The van der Waals surface area contributed by atoms with E-state index in [4.69, 9.17) is 27.9 Å². The Hall–Kier alpha value is -6.02. The van der Waals surface area contributed by atoms with E-state index in [-0.39, 0.29) is 62.6 Å². The molecule has 0 radical (unpaired) electrons. The lowest BCUT2D eigenvalue weighted by atomic mass is 10.0. The first-order valence-electron chi connectivity index (χ1n) is 21.0. The third-order valence-corrected chi connectivity index (χ3v) is 15.5. The van der Waals surface area contributed by atoms with Crippen LogP contribution < -0.4 is 0 Å². The third-order valence-electron chi connectivity index (χ3n) is 11.6. The molecular weight excluding hydrogens is 988 g/mol. The van der Waals surface area contributed by atoms with E-state index in [1.165, 1.54) is 15.9 Å². The lowest BCUT2D eigenvalue weighted by Crippen LogP contribution is -2.30. The molecule has 0 unspecified atom stereocenters. The van der Waals surface area contributed by atoms with Crippen molar-refractivity contribution in [2.75, 3.05) is 33.3 Å². The van der Waals surface area contributed by atoms with Gasteiger partial charge in [-0.3, -0.25) is 9.59 Å². The van der Waals surface area contributed by atoms with Crippen LogP contribution in [0.4, 0.5) is 17.6 Å². The van der Waals surface area contributed by atoms with Crippen molar-refractivity contribution in [2.45, 2.75) is 46.3 Å². The highest BCUT2D eigenvalue weighted by atomic mass is 35.5. The van der Waals surface area contributed by atoms with Gasteiger partial charge in [0.25, 0.3) is 11.8 Å². The number of aliphatic hydroxyl groups is 1. The first-order valence-corrected chi connectivity index (χ1v) is 25.1. The summed E-state index contributed by atoms with van der Waals surface area (Å²) in [6, 6.07) is 24.3. The number of sulfone groups is 2. The van der Waals surface area contributed by atoms with Crippen LogP contribution in [0.5, 0.6) is 11.5 Å². The lowest BCUT2D eigenvalue weighted by molar-refractivity contribution is 0.0723. The number of carbonyl (C=O) groups is 2. The zero-order chi connectivity index (χ0) is 49.9. The molecule has 6 aromatic carbocycles. The van der Waals surface area contributed by atoms with Gasteiger partial charge in [0.05, 0.1) is 33.8 Å². The van der Waals surface area contributed by atoms with Crippen molar-refractivity contribution < 1.29 is 64.0 Å². The van der Waals surface area contributed by atoms with Gasteiger partial charge in [0.15, 0.2) is 31.2 Å². The first kappa shape index (κ1) is 50.8. The summed E-state index contributed by atoms with van der Waals surface area (Å²) in [6.45, 7) is 1.12. The van der Waals surface area contributed by atoms with Gasteiger partial charge in [0.2, 0.25) is 0 Å². The number of β-amino-alcohol motifs (C(OH)–C–C–N with tert-alkyl or cyclic N) is 1. The molecule has 2 atom stereocenters. The highest BCUT2D eigenvalue weighted by Crippen LogP contribution is 2.38. The van der Waals surface area contributed by atoms with E-state index >= 15 is 0 Å². The molecule has 2 saturated heterocycles. The van der Waals surface area contributed by atoms with E-state index in [0.717, 1.165) is 30.3 Å². The predicted molar refractivity (Wildman–Crippen MR) is 249 cm³/mol. The average molecular weight is 1030 g/mol. The molecule has 69 heavy (non-hydrogen) atoms. The highest BCUT2D eigenvalue weighted by molar-refractivity contribution is 7.91. The maximum absolute atomic E-state index is 14.6. The maximum Gasteiger partial charge on any atom is 0.254 e. The molecule has 0 saturated carbocycles. The van der Waals surface area contributed by atoms with Gasteiger partial charge in [0.1, 0.15) is 33.1 Å². The van der Waals surface area contributed by atoms with Crippen LogP contribution in [0.3, 0.4) is 0 Å². The molecule has 362 valence electrons. The van der Waals surface area contributed by atoms with E-state index in [1.807, 2.05) is 0 Å². The maximum atomic E-state index is 14.6. The summed E-state index contributed by atoms with van der Waals surface area (Å²) in [5.41, 5.74) is 0.200. The largest absolute Gasteiger partial charge is 0.505 e. The van der Waals surface area contributed by atoms with Crippen molar-refractivity contribution in [3.8, 4) is 33.8 Å². The number of likely N-dealkylation sites (tertiary alicyclic amines) is 2. The summed E-state index contributed by atoms with van der Waals surface area (Å²) in [7, 11) is -7.26. The van der Waals surface area contributed by atoms with Gasteiger partial charge < -0.3 is 29.9 Å². The Morgan fingerprint density at radius 2 is 1.01 bits per heavy atom. The number of nitrogens with zero attached hydrogens (tertiary/aromatic N) is 2. The summed E-state index contributed by atoms with van der Waals surface area (Å²) in [5, 5.41) is 29.7. The first-order chi connectivity index (χ1) is 32.7. The number of aliphatic hydroxyl groups excluding tert-OH is 1. The summed E-state index contributed by atoms with van der Waals surface area (Å²) in [5.74, 6) is -8.13. The number of hydrogen-bond donors (Lipinski definition) is 3. The Morgan fingerprint density at radius 3 is 1.39 bits per heavy atom. The van der Waals surface area contributed by atoms with Crippen LogP contribution in [0, 0.1) is 23.3 Å². The topological polar surface area (TPSA) is 179 Å². The number of ether oxygens (including phenoxy) is 1. The molecule has 6 aromatic rings. The molecule has 0 aromatic heterocycles. The van der Waals surface area contributed by atoms with Gasteiger partial charge in [-0.25, -0.2) is 34.4 Å². The van der Waals surface area contributed by atoms with Crippen LogP contribution in [0.25, 0.3) is 22.3 Å². The minimum absolute atomic E-state index is 0.0194. The number of phenols is 2. The molecule has 20 heteroatoms. The number of halogens is 6. The second-order valence-electron chi connectivity index (χ2n) is 16.3. The molecule has 0 spiro atoms. The number of hydrogen-bond acceptors (Lipinski definition) is 10. The zero-order valence-electron chi connectivity index (χ0n) is 36.4. The Balaban J connectivity index is 0.000000204. The average Bonchev–Trinajstić information content (AvgIpc) is 3.99. The molecule has 2 fully saturated rings. The molecule has 2 heterocycles. The lowest BCUT2D eigenvalue weighted by Gasteiger charge is -2.18. The summed E-state index contributed by atoms with van der Waals surface area (Å²) in [4.78, 5) is 27.3. The zero-order valence-corrected chi connectivity index (χ0v) is 39.5. The molecule has 2 aliphatic rings. The van der Waals surface area contributed by atoms with Crippen molar-refractivity contribution >= 4 is 54.7 Å².